The van der Waals surface area contributed by atoms with Gasteiger partial charge < -0.3 is 0 Å². The van der Waals surface area contributed by atoms with E-state index in [2.05, 4.69) is 129 Å². The number of rotatable bonds is 14. The Hall–Kier alpha value is -8.96. The molecule has 0 atom stereocenters. The number of hydrogen-bond acceptors (Lipinski definition) is 18. The summed E-state index contributed by atoms with van der Waals surface area (Å²) in [5.41, 5.74) is 11.1. The molecule has 0 spiro atoms. The van der Waals surface area contributed by atoms with Crippen molar-refractivity contribution in [3.63, 3.8) is 0 Å². The SMILES string of the molecule is C.CC(=N)SCc1ccc(Cl)c2ccccc12.CC(=N)SCc1ccc(Cl)c2ccccc12.CC(=N)SCc1ccc2c(c1)C(=O)c1ccccc1C2=O.CC(=N)SCc1ccc2ccccc2c1Br.CC(=N)SCc1ccc2ccccc2n1.CC(=N)SCc1cccc2cc3ccccc3cc12.CC(=N)SCc1ccncc1. The molecule has 14 aromatic rings. The highest BCUT2D eigenvalue weighted by molar-refractivity contribution is 9.10. The number of hydrogen-bond donors (Lipinski definition) is 7. The van der Waals surface area contributed by atoms with Crippen molar-refractivity contribution in [2.75, 3.05) is 0 Å². The van der Waals surface area contributed by atoms with Crippen LogP contribution in [0.25, 0.3) is 64.8 Å². The average Bonchev–Trinajstić information content (AvgIpc) is 0.783. The molecule has 0 fully saturated rings. The fourth-order valence-electron chi connectivity index (χ4n) is 11.7. The van der Waals surface area contributed by atoms with Gasteiger partial charge in [-0.2, -0.15) is 0 Å². The third-order valence-electron chi connectivity index (χ3n) is 17.2. The summed E-state index contributed by atoms with van der Waals surface area (Å²) in [6.07, 6.45) is 3.55. The normalized spacial score (nSPS) is 10.9. The summed E-state index contributed by atoms with van der Waals surface area (Å²) in [5.74, 6) is 5.46. The summed E-state index contributed by atoms with van der Waals surface area (Å²) in [5, 5.41) is 71.1. The Morgan fingerprint density at radius 2 is 0.696 bits per heavy atom. The van der Waals surface area contributed by atoms with E-state index in [0.717, 1.165) is 82.0 Å². The molecule has 0 unspecified atom stereocenters. The number of nitrogens with one attached hydrogen (secondary N) is 7. The Morgan fingerprint density at radius 3 is 1.23 bits per heavy atom. The lowest BCUT2D eigenvalue weighted by Crippen LogP contribution is -2.20. The van der Waals surface area contributed by atoms with Gasteiger partial charge in [0, 0.05) is 106 Å². The van der Waals surface area contributed by atoms with Gasteiger partial charge in [0.2, 0.25) is 0 Å². The Bertz CT molecular complexity index is 5750. The molecule has 2 aromatic heterocycles. The molecule has 11 nitrogen and oxygen atoms in total. The second-order valence-electron chi connectivity index (χ2n) is 26.0. The van der Waals surface area contributed by atoms with Crippen molar-refractivity contribution in [3.8, 4) is 0 Å². The molecule has 586 valence electrons. The van der Waals surface area contributed by atoms with Crippen molar-refractivity contribution in [2.24, 2.45) is 0 Å². The number of fused-ring (bicyclic) bond motifs is 8. The van der Waals surface area contributed by atoms with E-state index in [1.165, 1.54) is 106 Å². The van der Waals surface area contributed by atoms with Crippen molar-refractivity contribution >= 4 is 233 Å². The smallest absolute Gasteiger partial charge is 0.194 e. The van der Waals surface area contributed by atoms with E-state index in [1.54, 1.807) is 117 Å². The van der Waals surface area contributed by atoms with Crippen LogP contribution in [-0.2, 0) is 40.3 Å². The second-order valence-corrected chi connectivity index (χ2v) is 35.9. The van der Waals surface area contributed by atoms with Gasteiger partial charge in [-0.15, -0.1) is 82.3 Å². The largest absolute Gasteiger partial charge is 0.299 e. The molecule has 0 saturated heterocycles. The maximum Gasteiger partial charge on any atom is 0.194 e. The third-order valence-corrected chi connectivity index (χ3v) is 25.1. The first-order valence-electron chi connectivity index (χ1n) is 36.1. The summed E-state index contributed by atoms with van der Waals surface area (Å²) in [7, 11) is 0. The topological polar surface area (TPSA) is 227 Å². The van der Waals surface area contributed by atoms with Crippen molar-refractivity contribution in [1.29, 1.82) is 37.9 Å². The number of benzene rings is 12. The number of nitrogens with zero attached hydrogens (tertiary/aromatic N) is 2. The van der Waals surface area contributed by atoms with Crippen molar-refractivity contribution in [1.82, 2.24) is 9.97 Å². The molecule has 7 N–H and O–H groups in total. The predicted molar refractivity (Wildman–Crippen MR) is 516 cm³/mol. The van der Waals surface area contributed by atoms with E-state index in [0.29, 0.717) is 63.3 Å². The van der Waals surface area contributed by atoms with Gasteiger partial charge in [-0.25, -0.2) is 0 Å². The van der Waals surface area contributed by atoms with Gasteiger partial charge in [0.1, 0.15) is 0 Å². The Kier molecular flexibility index (Phi) is 37.2. The molecule has 2 heterocycles. The first-order valence-corrected chi connectivity index (χ1v) is 44.5. The second kappa shape index (κ2) is 46.7. The van der Waals surface area contributed by atoms with E-state index in [4.69, 9.17) is 61.1 Å². The molecular weight excluding hydrogens is 1660 g/mol. The number of aromatic nitrogens is 2. The summed E-state index contributed by atoms with van der Waals surface area (Å²) in [4.78, 5) is 33.4. The minimum Gasteiger partial charge on any atom is -0.299 e. The van der Waals surface area contributed by atoms with E-state index < -0.39 is 0 Å². The molecule has 1 aliphatic carbocycles. The number of thioether (sulfide) groups is 7. The van der Waals surface area contributed by atoms with Gasteiger partial charge in [-0.3, -0.25) is 57.4 Å². The molecule has 12 aromatic carbocycles. The van der Waals surface area contributed by atoms with Gasteiger partial charge >= 0.3 is 0 Å². The maximum atomic E-state index is 12.5. The van der Waals surface area contributed by atoms with Crippen LogP contribution in [0.3, 0.4) is 0 Å². The van der Waals surface area contributed by atoms with Gasteiger partial charge in [-0.05, 0) is 202 Å². The molecule has 15 rings (SSSR count). The molecule has 115 heavy (non-hydrogen) atoms. The molecule has 0 bridgehead atoms. The quantitative estimate of drug-likeness (QED) is 0.0308. The van der Waals surface area contributed by atoms with E-state index in [9.17, 15) is 9.59 Å². The lowest BCUT2D eigenvalue weighted by Gasteiger charge is -2.17. The highest BCUT2D eigenvalue weighted by Gasteiger charge is 2.29. The molecule has 0 radical (unpaired) electrons. The summed E-state index contributed by atoms with van der Waals surface area (Å²) >= 11 is 26.6. The minimum atomic E-state index is -0.0985. The number of ketones is 2. The van der Waals surface area contributed by atoms with Gasteiger partial charge in [0.25, 0.3) is 0 Å². The first-order chi connectivity index (χ1) is 54.9. The fourth-order valence-corrected chi connectivity index (χ4v) is 17.1. The number of halogens is 3. The number of carbonyl (C=O) groups is 2. The number of para-hydroxylation sites is 1. The molecule has 0 saturated carbocycles. The standard InChI is InChI=1S/C17H13NO2S.C17H15NS.C13H12BrNS.2C13H12ClNS.C12H12N2S.C8H10N2S.CH4/c1-10(18)21-9-11-6-7-14-15(8-11)17(20)13-5-3-2-4-12(13)16(14)19;1-12(18)19-11-16-8-4-7-15-9-13-5-2-3-6-14(13)10-17(15)16;1-9(15)16-8-11-7-6-10-4-2-3-5-12(10)13(11)14;2*1-9(15)16-8-10-6-7-13(14)12-5-3-2-4-11(10)12;1-9(13)15-8-11-7-6-10-4-2-3-5-12(10)14-11;1-7(9)11-6-8-2-4-10-5-3-8;/h2-8,18H,9H2,1H3;2-10,18H,11H2,1H3;3*2-7,15H,8H2,1H3;2-7,13H,8H2,1H3;2-5,9H,6H2,1H3;1H4. The molecule has 0 aliphatic heterocycles. The van der Waals surface area contributed by atoms with Crippen LogP contribution in [-0.4, -0.2) is 56.8 Å². The van der Waals surface area contributed by atoms with Crippen LogP contribution in [0.2, 0.25) is 10.0 Å². The minimum absolute atomic E-state index is 0. The number of pyridine rings is 2. The van der Waals surface area contributed by atoms with Crippen LogP contribution >= 0.6 is 121 Å². The third kappa shape index (κ3) is 28.2. The molecule has 0 amide bonds. The van der Waals surface area contributed by atoms with Crippen molar-refractivity contribution in [2.45, 2.75) is 96.2 Å². The van der Waals surface area contributed by atoms with Crippen molar-refractivity contribution in [3.05, 3.63) is 343 Å². The van der Waals surface area contributed by atoms with Crippen LogP contribution in [0.15, 0.2) is 272 Å². The van der Waals surface area contributed by atoms with E-state index in [-0.39, 0.29) is 19.0 Å². The van der Waals surface area contributed by atoms with E-state index in [1.807, 2.05) is 143 Å². The highest BCUT2D eigenvalue weighted by Crippen LogP contribution is 2.35. The molecular formula is C94H90BrCl2N9O2S7. The van der Waals surface area contributed by atoms with E-state index >= 15 is 0 Å². The van der Waals surface area contributed by atoms with Crippen LogP contribution in [0, 0.1) is 37.9 Å². The lowest BCUT2D eigenvalue weighted by atomic mass is 9.83. The zero-order valence-electron chi connectivity index (χ0n) is 64.1. The highest BCUT2D eigenvalue weighted by atomic mass is 79.9. The monoisotopic (exact) mass is 1750 g/mol. The van der Waals surface area contributed by atoms with Crippen LogP contribution < -0.4 is 0 Å². The zero-order valence-corrected chi connectivity index (χ0v) is 72.9. The zero-order chi connectivity index (χ0) is 81.6. The molecule has 21 heteroatoms. The Balaban J connectivity index is 0.000000169. The number of carbonyl (C=O) groups excluding carboxylic acids is 2. The molecule has 1 aliphatic rings. The maximum absolute atomic E-state index is 12.5. The Morgan fingerprint density at radius 1 is 0.313 bits per heavy atom. The van der Waals surface area contributed by atoms with Crippen LogP contribution in [0.4, 0.5) is 0 Å². The Labute approximate surface area is 723 Å². The van der Waals surface area contributed by atoms with Gasteiger partial charge in [-0.1, -0.05) is 225 Å². The fraction of sp³-hybridized carbons (Fsp3) is 0.160. The predicted octanol–water partition coefficient (Wildman–Crippen LogP) is 29.6. The summed E-state index contributed by atoms with van der Waals surface area (Å²) in [6.45, 7) is 12.6. The summed E-state index contributed by atoms with van der Waals surface area (Å²) in [6, 6.07) is 84.6. The summed E-state index contributed by atoms with van der Waals surface area (Å²) < 4.78 is 1.15. The lowest BCUT2D eigenvalue weighted by molar-refractivity contribution is 0.0979. The van der Waals surface area contributed by atoms with Gasteiger partial charge in [0.05, 0.1) is 46.5 Å². The average molecular weight is 1750 g/mol. The van der Waals surface area contributed by atoms with Gasteiger partial charge in [0.15, 0.2) is 11.6 Å². The first kappa shape index (κ1) is 91.6. The van der Waals surface area contributed by atoms with Crippen LogP contribution in [0.5, 0.6) is 0 Å². The van der Waals surface area contributed by atoms with Crippen molar-refractivity contribution < 1.29 is 9.59 Å². The van der Waals surface area contributed by atoms with Crippen LogP contribution in [0.1, 0.15) is 127 Å².